The Kier molecular flexibility index (Phi) is 6.26. The van der Waals surface area contributed by atoms with Gasteiger partial charge in [0.05, 0.1) is 21.7 Å². The van der Waals surface area contributed by atoms with Gasteiger partial charge in [-0.05, 0) is 24.3 Å². The number of carbonyl (C=O) groups excluding carboxylic acids is 2. The van der Waals surface area contributed by atoms with E-state index in [1.165, 1.54) is 23.5 Å². The topological polar surface area (TPSA) is 84.0 Å². The molecule has 2 aromatic heterocycles. The van der Waals surface area contributed by atoms with Gasteiger partial charge < -0.3 is 0 Å². The lowest BCUT2D eigenvalue weighted by Gasteiger charge is -2.06. The molecule has 0 fully saturated rings. The minimum absolute atomic E-state index is 0.192. The zero-order chi connectivity index (χ0) is 17.5. The summed E-state index contributed by atoms with van der Waals surface area (Å²) in [5.41, 5.74) is 5.75. The molecule has 2 heterocycles. The van der Waals surface area contributed by atoms with Crippen molar-refractivity contribution in [3.8, 4) is 0 Å². The molecular formula is C16H14N4O2S3. The summed E-state index contributed by atoms with van der Waals surface area (Å²) in [7, 11) is 0. The predicted molar refractivity (Wildman–Crippen MR) is 102 cm³/mol. The number of thiazole rings is 1. The molecule has 0 radical (unpaired) electrons. The Morgan fingerprint density at radius 1 is 0.960 bits per heavy atom. The van der Waals surface area contributed by atoms with E-state index in [-0.39, 0.29) is 23.3 Å². The average molecular weight is 391 g/mol. The monoisotopic (exact) mass is 390 g/mol. The van der Waals surface area contributed by atoms with Crippen molar-refractivity contribution in [1.82, 2.24) is 20.8 Å². The second kappa shape index (κ2) is 8.84. The molecule has 2 amide bonds. The highest BCUT2D eigenvalue weighted by molar-refractivity contribution is 8.01. The molecule has 0 spiro atoms. The van der Waals surface area contributed by atoms with Crippen LogP contribution in [-0.4, -0.2) is 33.3 Å². The van der Waals surface area contributed by atoms with Crippen LogP contribution >= 0.6 is 34.9 Å². The minimum atomic E-state index is -0.272. The maximum absolute atomic E-state index is 11.8. The largest absolute Gasteiger partial charge is 0.272 e. The van der Waals surface area contributed by atoms with Gasteiger partial charge in [-0.2, -0.15) is 0 Å². The van der Waals surface area contributed by atoms with Crippen molar-refractivity contribution >= 4 is 56.9 Å². The Morgan fingerprint density at radius 3 is 2.36 bits per heavy atom. The van der Waals surface area contributed by atoms with Gasteiger partial charge in [0.2, 0.25) is 11.8 Å². The quantitative estimate of drug-likeness (QED) is 0.497. The molecule has 0 atom stereocenters. The second-order valence-corrected chi connectivity index (χ2v) is 8.11. The van der Waals surface area contributed by atoms with Crippen LogP contribution in [0, 0.1) is 0 Å². The summed E-state index contributed by atoms with van der Waals surface area (Å²) in [5.74, 6) is -0.126. The first-order valence-corrected chi connectivity index (χ1v) is 10.1. The van der Waals surface area contributed by atoms with Gasteiger partial charge in [0.1, 0.15) is 0 Å². The SMILES string of the molecule is O=C(CSc1ccncc1)NNC(=O)CSc1nc2ccccc2s1. The number of carbonyl (C=O) groups is 2. The number of thioether (sulfide) groups is 2. The number of para-hydroxylation sites is 1. The average Bonchev–Trinajstić information content (AvgIpc) is 3.07. The zero-order valence-corrected chi connectivity index (χ0v) is 15.4. The van der Waals surface area contributed by atoms with E-state index in [4.69, 9.17) is 0 Å². The number of hydrogen-bond donors (Lipinski definition) is 2. The number of fused-ring (bicyclic) bond motifs is 1. The van der Waals surface area contributed by atoms with Crippen LogP contribution in [0.4, 0.5) is 0 Å². The third-order valence-corrected chi connectivity index (χ3v) is 6.15. The van der Waals surface area contributed by atoms with Gasteiger partial charge in [-0.1, -0.05) is 23.9 Å². The van der Waals surface area contributed by atoms with Crippen molar-refractivity contribution in [2.24, 2.45) is 0 Å². The molecule has 25 heavy (non-hydrogen) atoms. The summed E-state index contributed by atoms with van der Waals surface area (Å²) < 4.78 is 1.92. The van der Waals surface area contributed by atoms with E-state index in [0.717, 1.165) is 19.5 Å². The summed E-state index contributed by atoms with van der Waals surface area (Å²) in [6.45, 7) is 0. The van der Waals surface area contributed by atoms with Crippen molar-refractivity contribution in [2.75, 3.05) is 11.5 Å². The van der Waals surface area contributed by atoms with Crippen LogP contribution in [0.2, 0.25) is 0 Å². The molecule has 0 aliphatic heterocycles. The van der Waals surface area contributed by atoms with Crippen molar-refractivity contribution in [3.05, 3.63) is 48.8 Å². The number of pyridine rings is 1. The number of hydrogen-bond acceptors (Lipinski definition) is 7. The summed E-state index contributed by atoms with van der Waals surface area (Å²) in [6.07, 6.45) is 3.34. The first kappa shape index (κ1) is 17.7. The molecule has 2 N–H and O–H groups in total. The van der Waals surface area contributed by atoms with Crippen molar-refractivity contribution in [1.29, 1.82) is 0 Å². The summed E-state index contributed by atoms with van der Waals surface area (Å²) in [6, 6.07) is 11.5. The lowest BCUT2D eigenvalue weighted by Crippen LogP contribution is -2.43. The Labute approximate surface area is 156 Å². The number of nitrogens with zero attached hydrogens (tertiary/aromatic N) is 2. The number of aromatic nitrogens is 2. The third-order valence-electron chi connectivity index (χ3n) is 2.96. The van der Waals surface area contributed by atoms with Gasteiger partial charge in [0, 0.05) is 17.3 Å². The second-order valence-electron chi connectivity index (χ2n) is 4.80. The summed E-state index contributed by atoms with van der Waals surface area (Å²) in [5, 5.41) is 0. The maximum atomic E-state index is 11.8. The molecule has 0 saturated carbocycles. The molecular weight excluding hydrogens is 376 g/mol. The molecule has 128 valence electrons. The van der Waals surface area contributed by atoms with Crippen molar-refractivity contribution < 1.29 is 9.59 Å². The van der Waals surface area contributed by atoms with E-state index in [1.54, 1.807) is 23.7 Å². The van der Waals surface area contributed by atoms with E-state index in [2.05, 4.69) is 20.8 Å². The highest BCUT2D eigenvalue weighted by atomic mass is 32.2. The van der Waals surface area contributed by atoms with Crippen LogP contribution in [0.15, 0.2) is 58.0 Å². The minimum Gasteiger partial charge on any atom is -0.272 e. The van der Waals surface area contributed by atoms with E-state index in [0.29, 0.717) is 0 Å². The third kappa shape index (κ3) is 5.45. The molecule has 0 unspecified atom stereocenters. The van der Waals surface area contributed by atoms with Gasteiger partial charge in [-0.3, -0.25) is 25.4 Å². The predicted octanol–water partition coefficient (Wildman–Crippen LogP) is 2.72. The molecule has 0 saturated heterocycles. The Hall–Kier alpha value is -2.10. The van der Waals surface area contributed by atoms with Gasteiger partial charge in [-0.25, -0.2) is 4.98 Å². The molecule has 1 aromatic carbocycles. The Balaban J connectivity index is 1.38. The molecule has 9 heteroatoms. The lowest BCUT2D eigenvalue weighted by molar-refractivity contribution is -0.126. The standard InChI is InChI=1S/C16H14N4O2S3/c21-14(9-23-11-5-7-17-8-6-11)19-20-15(22)10-24-16-18-12-3-1-2-4-13(12)25-16/h1-8H,9-10H2,(H,19,21)(H,20,22). The van der Waals surface area contributed by atoms with Crippen LogP contribution in [0.3, 0.4) is 0 Å². The molecule has 0 aliphatic rings. The van der Waals surface area contributed by atoms with Gasteiger partial charge in [-0.15, -0.1) is 23.1 Å². The highest BCUT2D eigenvalue weighted by Gasteiger charge is 2.09. The fraction of sp³-hybridized carbons (Fsp3) is 0.125. The first-order valence-electron chi connectivity index (χ1n) is 7.29. The summed E-state index contributed by atoms with van der Waals surface area (Å²) in [4.78, 5) is 32.9. The number of amides is 2. The normalized spacial score (nSPS) is 10.6. The fourth-order valence-corrected chi connectivity index (χ4v) is 4.39. The zero-order valence-electron chi connectivity index (χ0n) is 13.0. The molecule has 3 aromatic rings. The van der Waals surface area contributed by atoms with Crippen molar-refractivity contribution in [2.45, 2.75) is 9.24 Å². The lowest BCUT2D eigenvalue weighted by atomic mass is 10.3. The van der Waals surface area contributed by atoms with E-state index in [9.17, 15) is 9.59 Å². The van der Waals surface area contributed by atoms with Crippen LogP contribution in [0.1, 0.15) is 0 Å². The summed E-state index contributed by atoms with van der Waals surface area (Å²) >= 11 is 4.27. The highest BCUT2D eigenvalue weighted by Crippen LogP contribution is 2.28. The molecule has 6 nitrogen and oxygen atoms in total. The molecule has 0 aliphatic carbocycles. The first-order chi connectivity index (χ1) is 12.2. The number of hydrazine groups is 1. The fourth-order valence-electron chi connectivity index (χ4n) is 1.84. The van der Waals surface area contributed by atoms with Crippen LogP contribution in [0.5, 0.6) is 0 Å². The van der Waals surface area contributed by atoms with E-state index < -0.39 is 0 Å². The maximum Gasteiger partial charge on any atom is 0.248 e. The molecule has 0 bridgehead atoms. The van der Waals surface area contributed by atoms with Gasteiger partial charge in [0.15, 0.2) is 4.34 Å². The smallest absolute Gasteiger partial charge is 0.248 e. The van der Waals surface area contributed by atoms with Gasteiger partial charge >= 0.3 is 0 Å². The number of nitrogens with one attached hydrogen (secondary N) is 2. The van der Waals surface area contributed by atoms with E-state index >= 15 is 0 Å². The van der Waals surface area contributed by atoms with Crippen LogP contribution in [0.25, 0.3) is 10.2 Å². The van der Waals surface area contributed by atoms with Crippen LogP contribution in [-0.2, 0) is 9.59 Å². The number of rotatable bonds is 6. The van der Waals surface area contributed by atoms with E-state index in [1.807, 2.05) is 36.4 Å². The van der Waals surface area contributed by atoms with Crippen LogP contribution < -0.4 is 10.9 Å². The molecule has 3 rings (SSSR count). The Bertz CT molecular complexity index is 837. The van der Waals surface area contributed by atoms with Gasteiger partial charge in [0.25, 0.3) is 0 Å². The number of benzene rings is 1. The van der Waals surface area contributed by atoms with Crippen molar-refractivity contribution in [3.63, 3.8) is 0 Å². The Morgan fingerprint density at radius 2 is 1.64 bits per heavy atom.